The summed E-state index contributed by atoms with van der Waals surface area (Å²) in [5.41, 5.74) is 1.76. The summed E-state index contributed by atoms with van der Waals surface area (Å²) >= 11 is 0. The Morgan fingerprint density at radius 3 is 2.39 bits per heavy atom. The molecule has 0 radical (unpaired) electrons. The molecule has 102 valence electrons. The lowest BCUT2D eigenvalue weighted by Crippen LogP contribution is -2.44. The van der Waals surface area contributed by atoms with E-state index in [1.165, 1.54) is 4.68 Å². The molecule has 0 aromatic carbocycles. The summed E-state index contributed by atoms with van der Waals surface area (Å²) in [5.74, 6) is -6.66. The quantitative estimate of drug-likeness (QED) is 0.841. The summed E-state index contributed by atoms with van der Waals surface area (Å²) in [5, 5.41) is 5.81. The summed E-state index contributed by atoms with van der Waals surface area (Å²) in [7, 11) is 1.65. The van der Waals surface area contributed by atoms with Crippen LogP contribution in [0.1, 0.15) is 17.0 Å². The van der Waals surface area contributed by atoms with E-state index in [0.29, 0.717) is 17.0 Å². The van der Waals surface area contributed by atoms with Crippen LogP contribution in [0.2, 0.25) is 0 Å². The molecule has 8 heteroatoms. The topological polar surface area (TPSA) is 46.9 Å². The molecule has 1 N–H and O–H groups in total. The van der Waals surface area contributed by atoms with Crippen molar-refractivity contribution < 1.29 is 22.4 Å². The molecule has 1 amide bonds. The van der Waals surface area contributed by atoms with Crippen molar-refractivity contribution in [2.75, 3.05) is 0 Å². The second-order valence-corrected chi connectivity index (χ2v) is 3.88. The minimum absolute atomic E-state index is 0.257. The fraction of sp³-hybridized carbons (Fsp3) is 0.600. The lowest BCUT2D eigenvalue weighted by Gasteiger charge is -2.14. The van der Waals surface area contributed by atoms with Gasteiger partial charge in [0.25, 0.3) is 5.91 Å². The summed E-state index contributed by atoms with van der Waals surface area (Å²) in [6.45, 7) is 3.07. The lowest BCUT2D eigenvalue weighted by atomic mass is 10.2. The molecule has 0 aliphatic heterocycles. The number of carbonyl (C=O) groups is 1. The van der Waals surface area contributed by atoms with Crippen molar-refractivity contribution in [1.82, 2.24) is 15.1 Å². The molecule has 1 aromatic rings. The van der Waals surface area contributed by atoms with E-state index in [-0.39, 0.29) is 6.54 Å². The van der Waals surface area contributed by atoms with Gasteiger partial charge in [-0.2, -0.15) is 13.9 Å². The van der Waals surface area contributed by atoms with Gasteiger partial charge < -0.3 is 5.32 Å². The Balaban J connectivity index is 2.75. The number of hydrogen-bond acceptors (Lipinski definition) is 2. The van der Waals surface area contributed by atoms with Crippen molar-refractivity contribution >= 4 is 5.91 Å². The van der Waals surface area contributed by atoms with Gasteiger partial charge in [0.15, 0.2) is 0 Å². The largest absolute Gasteiger partial charge is 0.383 e. The predicted molar refractivity (Wildman–Crippen MR) is 55.5 cm³/mol. The zero-order valence-electron chi connectivity index (χ0n) is 10.1. The van der Waals surface area contributed by atoms with Crippen LogP contribution in [-0.2, 0) is 18.4 Å². The van der Waals surface area contributed by atoms with E-state index >= 15 is 0 Å². The highest BCUT2D eigenvalue weighted by Crippen LogP contribution is 2.23. The van der Waals surface area contributed by atoms with Crippen molar-refractivity contribution in [3.63, 3.8) is 0 Å². The fourth-order valence-electron chi connectivity index (χ4n) is 1.46. The maximum absolute atomic E-state index is 12.7. The number of amides is 1. The molecular formula is C10H13F4N3O. The van der Waals surface area contributed by atoms with Gasteiger partial charge in [-0.1, -0.05) is 0 Å². The second kappa shape index (κ2) is 4.95. The number of aryl methyl sites for hydroxylation is 2. The number of alkyl halides is 4. The number of carbonyl (C=O) groups excluding carboxylic acids is 1. The van der Waals surface area contributed by atoms with E-state index < -0.39 is 18.3 Å². The summed E-state index contributed by atoms with van der Waals surface area (Å²) < 4.78 is 50.7. The minimum atomic E-state index is -4.68. The van der Waals surface area contributed by atoms with Crippen LogP contribution in [0.3, 0.4) is 0 Å². The molecule has 18 heavy (non-hydrogen) atoms. The van der Waals surface area contributed by atoms with Crippen LogP contribution in [-0.4, -0.2) is 28.0 Å². The van der Waals surface area contributed by atoms with Crippen molar-refractivity contribution in [3.05, 3.63) is 17.0 Å². The third kappa shape index (κ3) is 2.62. The van der Waals surface area contributed by atoms with Gasteiger partial charge in [-0.25, -0.2) is 8.78 Å². The normalized spacial score (nSPS) is 12.0. The monoisotopic (exact) mass is 267 g/mol. The first-order valence-corrected chi connectivity index (χ1v) is 5.11. The standard InChI is InChI=1S/C10H13F4N3O/c1-5-7(6(2)17(3)16-5)4-15-9(18)10(13,14)8(11)12/h8H,4H2,1-3H3,(H,15,18). The number of hydrogen-bond donors (Lipinski definition) is 1. The smallest absolute Gasteiger partial charge is 0.346 e. The third-order valence-electron chi connectivity index (χ3n) is 2.66. The maximum Gasteiger partial charge on any atom is 0.383 e. The van der Waals surface area contributed by atoms with E-state index in [0.717, 1.165) is 0 Å². The van der Waals surface area contributed by atoms with Gasteiger partial charge in [0.2, 0.25) is 0 Å². The number of nitrogens with one attached hydrogen (secondary N) is 1. The minimum Gasteiger partial charge on any atom is -0.346 e. The van der Waals surface area contributed by atoms with Crippen LogP contribution in [0.4, 0.5) is 17.6 Å². The van der Waals surface area contributed by atoms with Gasteiger partial charge in [-0.15, -0.1) is 0 Å². The summed E-state index contributed by atoms with van der Waals surface area (Å²) in [6, 6.07) is 0. The number of aromatic nitrogens is 2. The molecule has 0 fully saturated rings. The van der Waals surface area contributed by atoms with Crippen molar-refractivity contribution in [2.45, 2.75) is 32.7 Å². The molecule has 0 saturated heterocycles. The first-order chi connectivity index (χ1) is 8.17. The second-order valence-electron chi connectivity index (χ2n) is 3.88. The number of nitrogens with zero attached hydrogens (tertiary/aromatic N) is 2. The molecule has 0 bridgehead atoms. The highest BCUT2D eigenvalue weighted by molar-refractivity contribution is 5.83. The predicted octanol–water partition coefficient (Wildman–Crippen LogP) is 1.55. The van der Waals surface area contributed by atoms with E-state index in [9.17, 15) is 22.4 Å². The lowest BCUT2D eigenvalue weighted by molar-refractivity contribution is -0.169. The Morgan fingerprint density at radius 1 is 1.44 bits per heavy atom. The van der Waals surface area contributed by atoms with Crippen molar-refractivity contribution in [1.29, 1.82) is 0 Å². The third-order valence-corrected chi connectivity index (χ3v) is 2.66. The van der Waals surface area contributed by atoms with Gasteiger partial charge in [0.1, 0.15) is 0 Å². The van der Waals surface area contributed by atoms with Crippen LogP contribution < -0.4 is 5.32 Å². The van der Waals surface area contributed by atoms with Crippen LogP contribution in [0, 0.1) is 13.8 Å². The van der Waals surface area contributed by atoms with E-state index in [1.807, 2.05) is 0 Å². The Bertz CT molecular complexity index is 456. The zero-order valence-corrected chi connectivity index (χ0v) is 10.1. The van der Waals surface area contributed by atoms with Crippen molar-refractivity contribution in [2.24, 2.45) is 7.05 Å². The van der Waals surface area contributed by atoms with Gasteiger partial charge in [-0.05, 0) is 13.8 Å². The summed E-state index contributed by atoms with van der Waals surface area (Å²) in [4.78, 5) is 10.9. The molecule has 0 unspecified atom stereocenters. The van der Waals surface area contributed by atoms with E-state index in [2.05, 4.69) is 5.10 Å². The molecule has 0 saturated carbocycles. The van der Waals surface area contributed by atoms with Crippen LogP contribution in [0.25, 0.3) is 0 Å². The first-order valence-electron chi connectivity index (χ1n) is 5.11. The molecule has 4 nitrogen and oxygen atoms in total. The SMILES string of the molecule is Cc1nn(C)c(C)c1CNC(=O)C(F)(F)C(F)F. The Hall–Kier alpha value is -1.60. The highest BCUT2D eigenvalue weighted by atomic mass is 19.3. The summed E-state index contributed by atoms with van der Waals surface area (Å²) in [6.07, 6.45) is -4.02. The maximum atomic E-state index is 12.7. The van der Waals surface area contributed by atoms with Crippen LogP contribution in [0.5, 0.6) is 0 Å². The number of halogens is 4. The van der Waals surface area contributed by atoms with Crippen LogP contribution in [0.15, 0.2) is 0 Å². The van der Waals surface area contributed by atoms with Gasteiger partial charge in [-0.3, -0.25) is 9.48 Å². The Kier molecular flexibility index (Phi) is 3.98. The fourth-order valence-corrected chi connectivity index (χ4v) is 1.46. The highest BCUT2D eigenvalue weighted by Gasteiger charge is 2.48. The average Bonchev–Trinajstić information content (AvgIpc) is 2.50. The molecule has 0 aliphatic rings. The van der Waals surface area contributed by atoms with Crippen molar-refractivity contribution in [3.8, 4) is 0 Å². The van der Waals surface area contributed by atoms with E-state index in [4.69, 9.17) is 0 Å². The van der Waals surface area contributed by atoms with E-state index in [1.54, 1.807) is 26.2 Å². The average molecular weight is 267 g/mol. The molecule has 0 atom stereocenters. The Morgan fingerprint density at radius 2 is 2.00 bits per heavy atom. The Labute approximate surface area is 101 Å². The first kappa shape index (κ1) is 14.5. The van der Waals surface area contributed by atoms with Gasteiger partial charge in [0, 0.05) is 24.8 Å². The zero-order chi connectivity index (χ0) is 14.1. The van der Waals surface area contributed by atoms with Gasteiger partial charge >= 0.3 is 12.3 Å². The molecule has 1 rings (SSSR count). The molecule has 1 heterocycles. The molecule has 0 spiro atoms. The van der Waals surface area contributed by atoms with Gasteiger partial charge in [0.05, 0.1) is 5.69 Å². The number of rotatable bonds is 4. The molecule has 1 aromatic heterocycles. The molecule has 0 aliphatic carbocycles. The van der Waals surface area contributed by atoms with Crippen LogP contribution >= 0.6 is 0 Å². The molecular weight excluding hydrogens is 254 g/mol.